The van der Waals surface area contributed by atoms with Crippen molar-refractivity contribution >= 4 is 17.8 Å². The van der Waals surface area contributed by atoms with Crippen LogP contribution < -0.4 is 0 Å². The molecule has 1 aromatic rings. The van der Waals surface area contributed by atoms with Gasteiger partial charge < -0.3 is 53.0 Å². The number of likely N-dealkylation sites (N-methyl/N-ethyl adjacent to an activating group) is 1. The number of aliphatic hydroxyl groups excluding tert-OH is 2. The molecule has 0 saturated carbocycles. The Labute approximate surface area is 380 Å². The third-order valence-electron chi connectivity index (χ3n) is 14.6. The average Bonchev–Trinajstić information content (AvgIpc) is 3.57. The molecule has 4 aliphatic heterocycles. The van der Waals surface area contributed by atoms with E-state index in [0.29, 0.717) is 24.0 Å². The highest BCUT2D eigenvalue weighted by molar-refractivity contribution is 5.84. The van der Waals surface area contributed by atoms with Crippen LogP contribution in [0.1, 0.15) is 106 Å². The van der Waals surface area contributed by atoms with E-state index >= 15 is 0 Å². The minimum absolute atomic E-state index is 0.0428. The predicted octanol–water partition coefficient (Wildman–Crippen LogP) is 5.64. The standard InChI is InChI=1S/C49H75N3O12/c1-15-37-49(11)39(28(3)26-59-49)30(5)40(53)27(2)21-48(10,58-18-16-17-34-20-35(23-50)25-51-24-34)44(64-46-41(54)36(52(12)13)19-29(4)60-46)31(6)42(32(7)45(56)62-37)63-38-22-47(9,57-14)43(55)33(8)61-38/h16-17,20,24-25,27,29-33,36-39,41-44,46,54-55H,3,15,18-19,21-22,26H2,1-2,4-14H3/b17-16+/t27-,29-,30?,31+,32-,33+,36+,37-,38?,39+,41-,42+,43+,44-,46+,47-,48-,49-/m1/s1. The van der Waals surface area contributed by atoms with E-state index < -0.39 is 102 Å². The largest absolute Gasteiger partial charge is 0.459 e. The first-order valence-electron chi connectivity index (χ1n) is 22.9. The molecule has 2 N–H and O–H groups in total. The van der Waals surface area contributed by atoms with E-state index in [-0.39, 0.29) is 44.0 Å². The van der Waals surface area contributed by atoms with Gasteiger partial charge in [0.15, 0.2) is 12.6 Å². The molecule has 0 aliphatic carbocycles. The number of Topliss-reactive ketones (excluding diaryl/α,β-unsaturated/α-hetero) is 1. The summed E-state index contributed by atoms with van der Waals surface area (Å²) in [5, 5.41) is 32.6. The van der Waals surface area contributed by atoms with Gasteiger partial charge in [0, 0.05) is 55.6 Å². The molecule has 0 spiro atoms. The number of ketones is 1. The quantitative estimate of drug-likeness (QED) is 0.205. The lowest BCUT2D eigenvalue weighted by atomic mass is 9.69. The van der Waals surface area contributed by atoms with E-state index in [1.807, 2.05) is 67.5 Å². The number of nitriles is 1. The van der Waals surface area contributed by atoms with E-state index in [9.17, 15) is 25.1 Å². The van der Waals surface area contributed by atoms with Crippen molar-refractivity contribution in [2.45, 2.75) is 173 Å². The molecule has 4 fully saturated rings. The Morgan fingerprint density at radius 3 is 2.36 bits per heavy atom. The molecule has 5 rings (SSSR count). The Morgan fingerprint density at radius 1 is 1.02 bits per heavy atom. The molecule has 15 heteroatoms. The number of ether oxygens (including phenoxy) is 8. The normalized spacial score (nSPS) is 42.9. The van der Waals surface area contributed by atoms with Crippen molar-refractivity contribution in [3.8, 4) is 6.07 Å². The Morgan fingerprint density at radius 2 is 1.72 bits per heavy atom. The van der Waals surface area contributed by atoms with Crippen LogP contribution in [0.15, 0.2) is 36.7 Å². The van der Waals surface area contributed by atoms with Gasteiger partial charge in [-0.3, -0.25) is 14.6 Å². The number of pyridine rings is 1. The second-order valence-corrected chi connectivity index (χ2v) is 19.7. The number of carbonyl (C=O) groups is 2. The molecular weight excluding hydrogens is 823 g/mol. The van der Waals surface area contributed by atoms with E-state index in [2.05, 4.69) is 17.6 Å². The van der Waals surface area contributed by atoms with Crippen molar-refractivity contribution in [2.24, 2.45) is 29.6 Å². The van der Waals surface area contributed by atoms with Crippen LogP contribution in [0.3, 0.4) is 0 Å². The summed E-state index contributed by atoms with van der Waals surface area (Å²) >= 11 is 0. The van der Waals surface area contributed by atoms with Crippen LogP contribution in [0, 0.1) is 40.9 Å². The van der Waals surface area contributed by atoms with Crippen molar-refractivity contribution in [1.82, 2.24) is 9.88 Å². The van der Waals surface area contributed by atoms with Crippen molar-refractivity contribution < 1.29 is 57.7 Å². The lowest BCUT2D eigenvalue weighted by Gasteiger charge is -2.50. The Hall–Kier alpha value is -3.14. The van der Waals surface area contributed by atoms with Crippen molar-refractivity contribution in [3.63, 3.8) is 0 Å². The average molecular weight is 898 g/mol. The Kier molecular flexibility index (Phi) is 17.2. The molecule has 2 unspecified atom stereocenters. The minimum Gasteiger partial charge on any atom is -0.459 e. The van der Waals surface area contributed by atoms with Gasteiger partial charge in [-0.25, -0.2) is 0 Å². The second kappa shape index (κ2) is 21.2. The predicted molar refractivity (Wildman–Crippen MR) is 238 cm³/mol. The first-order valence-corrected chi connectivity index (χ1v) is 22.9. The summed E-state index contributed by atoms with van der Waals surface area (Å²) < 4.78 is 52.5. The first-order chi connectivity index (χ1) is 30.0. The number of carbonyl (C=O) groups excluding carboxylic acids is 2. The van der Waals surface area contributed by atoms with Gasteiger partial charge in [-0.1, -0.05) is 46.4 Å². The zero-order chi connectivity index (χ0) is 47.5. The Balaban J connectivity index is 1.68. The van der Waals surface area contributed by atoms with E-state index in [4.69, 9.17) is 37.9 Å². The minimum atomic E-state index is -1.32. The van der Waals surface area contributed by atoms with Crippen LogP contribution in [0.5, 0.6) is 0 Å². The highest BCUT2D eigenvalue weighted by Gasteiger charge is 2.57. The van der Waals surface area contributed by atoms with E-state index in [1.54, 1.807) is 45.2 Å². The molecule has 15 nitrogen and oxygen atoms in total. The molecule has 64 heavy (non-hydrogen) atoms. The zero-order valence-corrected chi connectivity index (χ0v) is 40.3. The molecule has 18 atom stereocenters. The van der Waals surface area contributed by atoms with Crippen molar-refractivity contribution in [2.75, 3.05) is 34.4 Å². The SMILES string of the molecule is C=C1CO[C@]2(C)[C@@H](CC)OC(=O)[C@H](C)[C@@H](OC3C[C@@](C)(OC)[C@@H](O)[C@H](C)O3)[C@H](C)[C@@H](O[C@@H]3O[C@H](C)C[C@H](N(C)C)[C@H]3O)[C@](C)(OC/C=C/c3cncc(C#N)c3)C[C@@H](C)C(=O)C(C)[C@H]12. The number of esters is 1. The fourth-order valence-corrected chi connectivity index (χ4v) is 10.8. The van der Waals surface area contributed by atoms with Gasteiger partial charge in [0.05, 0.1) is 60.3 Å². The zero-order valence-electron chi connectivity index (χ0n) is 40.3. The van der Waals surface area contributed by atoms with Crippen LogP contribution in [0.25, 0.3) is 6.08 Å². The van der Waals surface area contributed by atoms with Crippen molar-refractivity contribution in [1.29, 1.82) is 5.26 Å². The van der Waals surface area contributed by atoms with Gasteiger partial charge >= 0.3 is 5.97 Å². The number of rotatable bonds is 11. The molecule has 4 saturated heterocycles. The fourth-order valence-electron chi connectivity index (χ4n) is 10.8. The lowest BCUT2D eigenvalue weighted by molar-refractivity contribution is -0.320. The summed E-state index contributed by atoms with van der Waals surface area (Å²) in [6, 6.07) is 3.52. The highest BCUT2D eigenvalue weighted by Crippen LogP contribution is 2.47. The summed E-state index contributed by atoms with van der Waals surface area (Å²) in [4.78, 5) is 35.8. The van der Waals surface area contributed by atoms with Gasteiger partial charge in [0.1, 0.15) is 35.8 Å². The number of methoxy groups -OCH3 is 1. The van der Waals surface area contributed by atoms with Crippen molar-refractivity contribution in [3.05, 3.63) is 47.8 Å². The summed E-state index contributed by atoms with van der Waals surface area (Å²) in [6.45, 7) is 23.2. The monoisotopic (exact) mass is 898 g/mol. The maximum atomic E-state index is 14.9. The maximum Gasteiger partial charge on any atom is 0.311 e. The van der Waals surface area contributed by atoms with Gasteiger partial charge in [-0.2, -0.15) is 5.26 Å². The third kappa shape index (κ3) is 11.0. The number of aromatic nitrogens is 1. The molecular formula is C49H75N3O12. The molecule has 5 heterocycles. The lowest BCUT2D eigenvalue weighted by Crippen LogP contribution is -2.61. The Bertz CT molecular complexity index is 1860. The van der Waals surface area contributed by atoms with E-state index in [1.165, 1.54) is 13.3 Å². The third-order valence-corrected chi connectivity index (χ3v) is 14.6. The van der Waals surface area contributed by atoms with Gasteiger partial charge in [-0.15, -0.1) is 0 Å². The summed E-state index contributed by atoms with van der Waals surface area (Å²) in [6.07, 6.45) is 0.142. The number of hydrogen-bond donors (Lipinski definition) is 2. The highest BCUT2D eigenvalue weighted by atomic mass is 16.7. The smallest absolute Gasteiger partial charge is 0.311 e. The summed E-state index contributed by atoms with van der Waals surface area (Å²) in [5.74, 6) is -3.93. The van der Waals surface area contributed by atoms with Crippen LogP contribution >= 0.6 is 0 Å². The number of hydrogen-bond acceptors (Lipinski definition) is 15. The van der Waals surface area contributed by atoms with Crippen LogP contribution in [0.2, 0.25) is 0 Å². The molecule has 0 amide bonds. The van der Waals surface area contributed by atoms with Gasteiger partial charge in [0.2, 0.25) is 0 Å². The first kappa shape index (κ1) is 51.8. The fraction of sp³-hybridized carbons (Fsp3) is 0.755. The molecule has 0 radical (unpaired) electrons. The molecule has 4 aliphatic rings. The second-order valence-electron chi connectivity index (χ2n) is 19.7. The molecule has 0 aromatic carbocycles. The molecule has 0 bridgehead atoms. The number of aliphatic hydroxyl groups is 2. The summed E-state index contributed by atoms with van der Waals surface area (Å²) in [5.41, 5.74) is -1.56. The van der Waals surface area contributed by atoms with Crippen LogP contribution in [-0.2, 0) is 47.5 Å². The number of fused-ring (bicyclic) bond motifs is 1. The van der Waals surface area contributed by atoms with Gasteiger partial charge in [-0.05, 0) is 92.1 Å². The summed E-state index contributed by atoms with van der Waals surface area (Å²) in [7, 11) is 5.32. The molecule has 358 valence electrons. The molecule has 1 aromatic heterocycles. The van der Waals surface area contributed by atoms with Gasteiger partial charge in [0.25, 0.3) is 0 Å². The number of cyclic esters (lactones) is 1. The topological polar surface area (TPSA) is 188 Å². The number of nitrogens with zero attached hydrogens (tertiary/aromatic N) is 3. The van der Waals surface area contributed by atoms with E-state index in [0.717, 1.165) is 5.57 Å². The van der Waals surface area contributed by atoms with Crippen LogP contribution in [0.4, 0.5) is 0 Å². The van der Waals surface area contributed by atoms with Crippen LogP contribution in [-0.4, -0.2) is 144 Å². The maximum absolute atomic E-state index is 14.9.